The summed E-state index contributed by atoms with van der Waals surface area (Å²) in [5.41, 5.74) is 0. The summed E-state index contributed by atoms with van der Waals surface area (Å²) >= 11 is 0. The number of aliphatic hydroxyl groups excluding tert-OH is 1. The van der Waals surface area contributed by atoms with E-state index in [4.69, 9.17) is 4.74 Å². The van der Waals surface area contributed by atoms with Gasteiger partial charge in [-0.3, -0.25) is 0 Å². The van der Waals surface area contributed by atoms with E-state index in [2.05, 4.69) is 18.7 Å². The van der Waals surface area contributed by atoms with Gasteiger partial charge in [-0.25, -0.2) is 0 Å². The molecule has 0 aromatic carbocycles. The molecule has 3 atom stereocenters. The number of rotatable bonds is 6. The van der Waals surface area contributed by atoms with E-state index in [0.29, 0.717) is 11.8 Å². The smallest absolute Gasteiger partial charge is 0.0692 e. The quantitative estimate of drug-likeness (QED) is 0.753. The van der Waals surface area contributed by atoms with E-state index in [1.165, 1.54) is 12.8 Å². The van der Waals surface area contributed by atoms with E-state index in [-0.39, 0.29) is 6.10 Å². The van der Waals surface area contributed by atoms with Crippen LogP contribution in [0.3, 0.4) is 0 Å². The number of piperidine rings is 1. The molecule has 0 aromatic heterocycles. The van der Waals surface area contributed by atoms with Gasteiger partial charge in [-0.2, -0.15) is 0 Å². The molecule has 0 saturated carbocycles. The van der Waals surface area contributed by atoms with Crippen molar-refractivity contribution in [3.63, 3.8) is 0 Å². The third-order valence-corrected chi connectivity index (χ3v) is 3.75. The Labute approximate surface area is 99.8 Å². The Kier molecular flexibility index (Phi) is 6.32. The number of aliphatic hydroxyl groups is 1. The minimum Gasteiger partial charge on any atom is -0.392 e. The summed E-state index contributed by atoms with van der Waals surface area (Å²) in [6.07, 6.45) is 3.38. The van der Waals surface area contributed by atoms with Gasteiger partial charge < -0.3 is 14.7 Å². The first-order chi connectivity index (χ1) is 7.67. The Morgan fingerprint density at radius 3 is 2.88 bits per heavy atom. The third-order valence-electron chi connectivity index (χ3n) is 3.75. The molecule has 1 aliphatic rings. The molecule has 0 radical (unpaired) electrons. The minimum atomic E-state index is -0.175. The van der Waals surface area contributed by atoms with Crippen molar-refractivity contribution in [3.8, 4) is 0 Å². The van der Waals surface area contributed by atoms with Crippen molar-refractivity contribution in [1.29, 1.82) is 0 Å². The Bertz CT molecular complexity index is 185. The highest BCUT2D eigenvalue weighted by atomic mass is 16.5. The zero-order chi connectivity index (χ0) is 12.0. The maximum absolute atomic E-state index is 10.0. The molecule has 1 heterocycles. The molecule has 3 unspecified atom stereocenters. The highest BCUT2D eigenvalue weighted by molar-refractivity contribution is 4.76. The predicted molar refractivity (Wildman–Crippen MR) is 66.5 cm³/mol. The van der Waals surface area contributed by atoms with Crippen LogP contribution in [-0.4, -0.2) is 49.5 Å². The molecule has 96 valence electrons. The van der Waals surface area contributed by atoms with Gasteiger partial charge in [0, 0.05) is 20.2 Å². The second-order valence-electron chi connectivity index (χ2n) is 5.18. The summed E-state index contributed by atoms with van der Waals surface area (Å²) in [5, 5.41) is 10.0. The van der Waals surface area contributed by atoms with Gasteiger partial charge in [-0.05, 0) is 31.2 Å². The van der Waals surface area contributed by atoms with Crippen molar-refractivity contribution in [1.82, 2.24) is 4.90 Å². The van der Waals surface area contributed by atoms with Crippen LogP contribution in [-0.2, 0) is 4.74 Å². The molecule has 0 amide bonds. The second-order valence-corrected chi connectivity index (χ2v) is 5.18. The van der Waals surface area contributed by atoms with Crippen LogP contribution in [0.4, 0.5) is 0 Å². The zero-order valence-electron chi connectivity index (χ0n) is 11.0. The van der Waals surface area contributed by atoms with Crippen LogP contribution in [0.2, 0.25) is 0 Å². The molecule has 16 heavy (non-hydrogen) atoms. The van der Waals surface area contributed by atoms with E-state index < -0.39 is 0 Å². The lowest BCUT2D eigenvalue weighted by Gasteiger charge is -2.34. The molecule has 0 aliphatic carbocycles. The van der Waals surface area contributed by atoms with Gasteiger partial charge in [0.15, 0.2) is 0 Å². The van der Waals surface area contributed by atoms with Crippen LogP contribution in [0.15, 0.2) is 0 Å². The van der Waals surface area contributed by atoms with Gasteiger partial charge in [-0.15, -0.1) is 0 Å². The summed E-state index contributed by atoms with van der Waals surface area (Å²) in [6.45, 7) is 8.17. The zero-order valence-corrected chi connectivity index (χ0v) is 11.0. The molecule has 1 rings (SSSR count). The largest absolute Gasteiger partial charge is 0.392 e. The number of nitrogens with zero attached hydrogens (tertiary/aromatic N) is 1. The first kappa shape index (κ1) is 13.9. The minimum absolute atomic E-state index is 0.175. The Balaban J connectivity index is 2.30. The summed E-state index contributed by atoms with van der Waals surface area (Å²) in [6, 6.07) is 0. The van der Waals surface area contributed by atoms with E-state index in [1.54, 1.807) is 7.11 Å². The Morgan fingerprint density at radius 1 is 1.50 bits per heavy atom. The molecule has 0 aromatic rings. The third kappa shape index (κ3) is 4.40. The Hall–Kier alpha value is -0.120. The van der Waals surface area contributed by atoms with Crippen LogP contribution >= 0.6 is 0 Å². The highest BCUT2D eigenvalue weighted by Gasteiger charge is 2.23. The average Bonchev–Trinajstić information content (AvgIpc) is 2.29. The van der Waals surface area contributed by atoms with Crippen molar-refractivity contribution >= 4 is 0 Å². The lowest BCUT2D eigenvalue weighted by molar-refractivity contribution is 0.0352. The Morgan fingerprint density at radius 2 is 2.25 bits per heavy atom. The van der Waals surface area contributed by atoms with Gasteiger partial charge >= 0.3 is 0 Å². The van der Waals surface area contributed by atoms with Crippen molar-refractivity contribution < 1.29 is 9.84 Å². The van der Waals surface area contributed by atoms with Crippen LogP contribution in [0.25, 0.3) is 0 Å². The van der Waals surface area contributed by atoms with Crippen LogP contribution in [0.1, 0.15) is 33.1 Å². The first-order valence-electron chi connectivity index (χ1n) is 6.56. The topological polar surface area (TPSA) is 32.7 Å². The van der Waals surface area contributed by atoms with Gasteiger partial charge in [-0.1, -0.05) is 20.3 Å². The van der Waals surface area contributed by atoms with Gasteiger partial charge in [0.1, 0.15) is 0 Å². The lowest BCUT2D eigenvalue weighted by Crippen LogP contribution is -2.42. The molecule has 0 bridgehead atoms. The lowest BCUT2D eigenvalue weighted by atomic mass is 9.96. The molecule has 1 N–H and O–H groups in total. The van der Waals surface area contributed by atoms with Crippen molar-refractivity contribution in [2.75, 3.05) is 33.4 Å². The number of hydrogen-bond donors (Lipinski definition) is 1. The fourth-order valence-electron chi connectivity index (χ4n) is 2.41. The van der Waals surface area contributed by atoms with E-state index in [1.807, 2.05) is 0 Å². The van der Waals surface area contributed by atoms with Gasteiger partial charge in [0.25, 0.3) is 0 Å². The molecular formula is C13H27NO2. The highest BCUT2D eigenvalue weighted by Crippen LogP contribution is 2.18. The number of methoxy groups -OCH3 is 1. The normalized spacial score (nSPS) is 26.6. The van der Waals surface area contributed by atoms with Crippen LogP contribution in [0.5, 0.6) is 0 Å². The van der Waals surface area contributed by atoms with Crippen molar-refractivity contribution in [2.24, 2.45) is 11.8 Å². The molecule has 1 aliphatic heterocycles. The molecule has 1 fully saturated rings. The standard InChI is InChI=1S/C13H27NO2/c1-4-11(2)13(15)9-14-7-5-6-12(8-14)10-16-3/h11-13,15H,4-10H2,1-3H3. The molecule has 3 nitrogen and oxygen atoms in total. The predicted octanol–water partition coefficient (Wildman–Crippen LogP) is 1.75. The number of ether oxygens (including phenoxy) is 1. The summed E-state index contributed by atoms with van der Waals surface area (Å²) < 4.78 is 5.21. The van der Waals surface area contributed by atoms with Crippen LogP contribution < -0.4 is 0 Å². The maximum Gasteiger partial charge on any atom is 0.0692 e. The molecular weight excluding hydrogens is 202 g/mol. The van der Waals surface area contributed by atoms with Gasteiger partial charge in [0.2, 0.25) is 0 Å². The van der Waals surface area contributed by atoms with E-state index in [0.717, 1.165) is 32.7 Å². The van der Waals surface area contributed by atoms with Crippen molar-refractivity contribution in [2.45, 2.75) is 39.2 Å². The van der Waals surface area contributed by atoms with Crippen LogP contribution in [0, 0.1) is 11.8 Å². The monoisotopic (exact) mass is 229 g/mol. The number of β-amino-alcohol motifs (C(OH)–C–C–N with tert-alkyl or cyclic N) is 1. The second kappa shape index (κ2) is 7.25. The SMILES string of the molecule is CCC(C)C(O)CN1CCCC(COC)C1. The first-order valence-corrected chi connectivity index (χ1v) is 6.56. The summed E-state index contributed by atoms with van der Waals surface area (Å²) in [5.74, 6) is 1.06. The van der Waals surface area contributed by atoms with E-state index >= 15 is 0 Å². The number of likely N-dealkylation sites (tertiary alicyclic amines) is 1. The fraction of sp³-hybridized carbons (Fsp3) is 1.00. The van der Waals surface area contributed by atoms with Gasteiger partial charge in [0.05, 0.1) is 12.7 Å². The fourth-order valence-corrected chi connectivity index (χ4v) is 2.41. The summed E-state index contributed by atoms with van der Waals surface area (Å²) in [7, 11) is 1.77. The average molecular weight is 229 g/mol. The number of hydrogen-bond acceptors (Lipinski definition) is 3. The van der Waals surface area contributed by atoms with E-state index in [9.17, 15) is 5.11 Å². The molecule has 3 heteroatoms. The van der Waals surface area contributed by atoms with Crippen molar-refractivity contribution in [3.05, 3.63) is 0 Å². The molecule has 1 saturated heterocycles. The maximum atomic E-state index is 10.0. The summed E-state index contributed by atoms with van der Waals surface area (Å²) in [4.78, 5) is 2.39. The molecule has 0 spiro atoms.